The number of phenols is 1. The summed E-state index contributed by atoms with van der Waals surface area (Å²) in [4.78, 5) is 12.1. The molecule has 120 valence electrons. The van der Waals surface area contributed by atoms with Gasteiger partial charge in [-0.2, -0.15) is 10.2 Å². The molecule has 0 radical (unpaired) electrons. The minimum Gasteiger partial charge on any atom is -0.508 e. The summed E-state index contributed by atoms with van der Waals surface area (Å²) in [5.41, 5.74) is 6.32. The maximum atomic E-state index is 12.1. The first-order valence-electron chi connectivity index (χ1n) is 7.37. The zero-order chi connectivity index (χ0) is 16.9. The Morgan fingerprint density at radius 2 is 1.88 bits per heavy atom. The van der Waals surface area contributed by atoms with Crippen molar-refractivity contribution in [1.82, 2.24) is 15.6 Å². The lowest BCUT2D eigenvalue weighted by molar-refractivity contribution is 0.0950. The molecule has 0 saturated carbocycles. The number of aromatic amines is 1. The minimum atomic E-state index is -0.379. The lowest BCUT2D eigenvalue weighted by Gasteiger charge is -1.97. The van der Waals surface area contributed by atoms with Crippen molar-refractivity contribution in [2.75, 3.05) is 0 Å². The van der Waals surface area contributed by atoms with Crippen molar-refractivity contribution >= 4 is 12.1 Å². The van der Waals surface area contributed by atoms with Crippen LogP contribution in [0.25, 0.3) is 11.3 Å². The number of hydrogen-bond donors (Lipinski definition) is 3. The number of amides is 1. The minimum absolute atomic E-state index is 0.178. The Kier molecular flexibility index (Phi) is 4.38. The number of hydrazone groups is 1. The van der Waals surface area contributed by atoms with Gasteiger partial charge >= 0.3 is 0 Å². The number of phenolic OH excluding ortho intramolecular Hbond substituents is 1. The SMILES string of the molecule is Cc1ccc(-c2cc(C(=O)NN=Cc3ccc(O)cc3)[nH]n2)cc1. The number of H-pyrrole nitrogens is 1. The highest BCUT2D eigenvalue weighted by Crippen LogP contribution is 2.18. The molecule has 1 amide bonds. The third-order valence-electron chi connectivity index (χ3n) is 3.44. The summed E-state index contributed by atoms with van der Waals surface area (Å²) in [5.74, 6) is -0.201. The van der Waals surface area contributed by atoms with Crippen molar-refractivity contribution in [2.24, 2.45) is 5.10 Å². The normalized spacial score (nSPS) is 10.9. The largest absolute Gasteiger partial charge is 0.508 e. The number of carbonyl (C=O) groups excluding carboxylic acids is 1. The third kappa shape index (κ3) is 3.67. The molecular formula is C18H16N4O2. The topological polar surface area (TPSA) is 90.4 Å². The second kappa shape index (κ2) is 6.78. The first-order valence-corrected chi connectivity index (χ1v) is 7.37. The average Bonchev–Trinajstić information content (AvgIpc) is 3.07. The molecule has 0 aliphatic carbocycles. The van der Waals surface area contributed by atoms with Gasteiger partial charge in [0.2, 0.25) is 0 Å². The van der Waals surface area contributed by atoms with E-state index in [2.05, 4.69) is 20.7 Å². The van der Waals surface area contributed by atoms with E-state index in [1.807, 2.05) is 31.2 Å². The summed E-state index contributed by atoms with van der Waals surface area (Å²) in [5, 5.41) is 19.9. The van der Waals surface area contributed by atoms with Crippen LogP contribution in [0.5, 0.6) is 5.75 Å². The van der Waals surface area contributed by atoms with E-state index in [9.17, 15) is 9.90 Å². The maximum absolute atomic E-state index is 12.1. The van der Waals surface area contributed by atoms with E-state index < -0.39 is 0 Å². The Morgan fingerprint density at radius 3 is 2.58 bits per heavy atom. The second-order valence-corrected chi connectivity index (χ2v) is 5.32. The summed E-state index contributed by atoms with van der Waals surface area (Å²) in [6.45, 7) is 2.01. The van der Waals surface area contributed by atoms with Crippen LogP contribution >= 0.6 is 0 Å². The molecule has 0 saturated heterocycles. The Morgan fingerprint density at radius 1 is 1.17 bits per heavy atom. The zero-order valence-electron chi connectivity index (χ0n) is 13.0. The number of aromatic hydroxyl groups is 1. The van der Waals surface area contributed by atoms with Gasteiger partial charge in [0.25, 0.3) is 5.91 Å². The summed E-state index contributed by atoms with van der Waals surface area (Å²) >= 11 is 0. The highest BCUT2D eigenvalue weighted by Gasteiger charge is 2.10. The monoisotopic (exact) mass is 320 g/mol. The van der Waals surface area contributed by atoms with E-state index in [1.165, 1.54) is 6.21 Å². The number of benzene rings is 2. The Balaban J connectivity index is 1.65. The molecule has 1 heterocycles. The highest BCUT2D eigenvalue weighted by molar-refractivity contribution is 5.94. The quantitative estimate of drug-likeness (QED) is 0.510. The van der Waals surface area contributed by atoms with Gasteiger partial charge in [-0.05, 0) is 42.8 Å². The van der Waals surface area contributed by atoms with Crippen LogP contribution in [0.4, 0.5) is 0 Å². The van der Waals surface area contributed by atoms with Crippen molar-refractivity contribution in [3.8, 4) is 17.0 Å². The van der Waals surface area contributed by atoms with Gasteiger partial charge in [-0.1, -0.05) is 29.8 Å². The van der Waals surface area contributed by atoms with Crippen molar-refractivity contribution in [2.45, 2.75) is 6.92 Å². The number of aryl methyl sites for hydroxylation is 1. The smallest absolute Gasteiger partial charge is 0.289 e. The van der Waals surface area contributed by atoms with Gasteiger partial charge in [0.1, 0.15) is 11.4 Å². The van der Waals surface area contributed by atoms with Gasteiger partial charge < -0.3 is 5.11 Å². The molecular weight excluding hydrogens is 304 g/mol. The fourth-order valence-electron chi connectivity index (χ4n) is 2.10. The van der Waals surface area contributed by atoms with Crippen LogP contribution in [0.3, 0.4) is 0 Å². The molecule has 0 aliphatic heterocycles. The molecule has 3 rings (SSSR count). The molecule has 2 aromatic carbocycles. The van der Waals surface area contributed by atoms with Crippen LogP contribution in [-0.4, -0.2) is 27.4 Å². The van der Waals surface area contributed by atoms with Gasteiger partial charge in [0, 0.05) is 5.56 Å². The first kappa shape index (κ1) is 15.5. The molecule has 0 unspecified atom stereocenters. The Hall–Kier alpha value is -3.41. The van der Waals surface area contributed by atoms with Crippen molar-refractivity contribution < 1.29 is 9.90 Å². The Labute approximate surface area is 138 Å². The molecule has 24 heavy (non-hydrogen) atoms. The predicted octanol–water partition coefficient (Wildman–Crippen LogP) is 2.85. The fourth-order valence-corrected chi connectivity index (χ4v) is 2.10. The highest BCUT2D eigenvalue weighted by atomic mass is 16.3. The van der Waals surface area contributed by atoms with E-state index >= 15 is 0 Å². The summed E-state index contributed by atoms with van der Waals surface area (Å²) in [7, 11) is 0. The summed E-state index contributed by atoms with van der Waals surface area (Å²) in [6, 6.07) is 16.0. The maximum Gasteiger partial charge on any atom is 0.289 e. The van der Waals surface area contributed by atoms with Crippen LogP contribution in [-0.2, 0) is 0 Å². The Bertz CT molecular complexity index is 865. The standard InChI is InChI=1S/C18H16N4O2/c1-12-2-6-14(7-3-12)16-10-17(21-20-16)18(24)22-19-11-13-4-8-15(23)9-5-13/h2-11,23H,1H3,(H,20,21)(H,22,24). The van der Waals surface area contributed by atoms with Gasteiger partial charge in [-0.15, -0.1) is 0 Å². The van der Waals surface area contributed by atoms with Crippen LogP contribution in [0, 0.1) is 6.92 Å². The fraction of sp³-hybridized carbons (Fsp3) is 0.0556. The molecule has 3 N–H and O–H groups in total. The van der Waals surface area contributed by atoms with Gasteiger partial charge in [0.15, 0.2) is 0 Å². The van der Waals surface area contributed by atoms with E-state index in [4.69, 9.17) is 0 Å². The predicted molar refractivity (Wildman–Crippen MR) is 91.9 cm³/mol. The van der Waals surface area contributed by atoms with E-state index in [0.717, 1.165) is 16.7 Å². The molecule has 1 aromatic heterocycles. The van der Waals surface area contributed by atoms with Crippen LogP contribution < -0.4 is 5.43 Å². The number of rotatable bonds is 4. The van der Waals surface area contributed by atoms with Crippen LogP contribution in [0.2, 0.25) is 0 Å². The molecule has 0 atom stereocenters. The molecule has 0 spiro atoms. The third-order valence-corrected chi connectivity index (χ3v) is 3.44. The molecule has 6 heteroatoms. The lowest BCUT2D eigenvalue weighted by atomic mass is 10.1. The summed E-state index contributed by atoms with van der Waals surface area (Å²) < 4.78 is 0. The van der Waals surface area contributed by atoms with Gasteiger partial charge in [0.05, 0.1) is 11.9 Å². The number of carbonyl (C=O) groups is 1. The lowest BCUT2D eigenvalue weighted by Crippen LogP contribution is -2.17. The summed E-state index contributed by atoms with van der Waals surface area (Å²) in [6.07, 6.45) is 1.49. The number of hydrogen-bond acceptors (Lipinski definition) is 4. The molecule has 0 aliphatic rings. The van der Waals surface area contributed by atoms with E-state index in [0.29, 0.717) is 11.4 Å². The van der Waals surface area contributed by atoms with Crippen LogP contribution in [0.1, 0.15) is 21.6 Å². The van der Waals surface area contributed by atoms with Gasteiger partial charge in [-0.25, -0.2) is 5.43 Å². The molecule has 6 nitrogen and oxygen atoms in total. The number of nitrogens with one attached hydrogen (secondary N) is 2. The second-order valence-electron chi connectivity index (χ2n) is 5.32. The first-order chi connectivity index (χ1) is 11.6. The molecule has 0 bridgehead atoms. The van der Waals surface area contributed by atoms with Crippen LogP contribution in [0.15, 0.2) is 59.7 Å². The van der Waals surface area contributed by atoms with E-state index in [1.54, 1.807) is 30.3 Å². The van der Waals surface area contributed by atoms with Crippen molar-refractivity contribution in [3.05, 3.63) is 71.4 Å². The number of aromatic nitrogens is 2. The average molecular weight is 320 g/mol. The number of nitrogens with zero attached hydrogens (tertiary/aromatic N) is 2. The zero-order valence-corrected chi connectivity index (χ0v) is 13.0. The van der Waals surface area contributed by atoms with Gasteiger partial charge in [-0.3, -0.25) is 9.89 Å². The molecule has 0 fully saturated rings. The van der Waals surface area contributed by atoms with Crippen molar-refractivity contribution in [1.29, 1.82) is 0 Å². The molecule has 3 aromatic rings. The van der Waals surface area contributed by atoms with E-state index in [-0.39, 0.29) is 11.7 Å². The van der Waals surface area contributed by atoms with Crippen molar-refractivity contribution in [3.63, 3.8) is 0 Å².